The summed E-state index contributed by atoms with van der Waals surface area (Å²) in [6.45, 7) is 2.05. The second-order valence-electron chi connectivity index (χ2n) is 4.44. The number of esters is 1. The Labute approximate surface area is 130 Å². The van der Waals surface area contributed by atoms with E-state index in [1.807, 2.05) is 31.2 Å². The molecule has 118 valence electrons. The van der Waals surface area contributed by atoms with E-state index < -0.39 is 5.97 Å². The summed E-state index contributed by atoms with van der Waals surface area (Å²) in [5.74, 6) is -0.0598. The van der Waals surface area contributed by atoms with E-state index in [1.165, 1.54) is 6.08 Å². The Hall–Kier alpha value is -2.56. The summed E-state index contributed by atoms with van der Waals surface area (Å²) in [6.07, 6.45) is 7.02. The molecule has 1 rings (SSSR count). The van der Waals surface area contributed by atoms with Crippen molar-refractivity contribution in [1.82, 2.24) is 5.32 Å². The summed E-state index contributed by atoms with van der Waals surface area (Å²) in [5, 5.41) is 2.70. The second-order valence-corrected chi connectivity index (χ2v) is 4.44. The van der Waals surface area contributed by atoms with Gasteiger partial charge in [-0.1, -0.05) is 30.4 Å². The SMILES string of the molecule is C/C=C/C=C/C(=O)OCC(=O)NCCc1ccc(OC)cc1. The van der Waals surface area contributed by atoms with Crippen LogP contribution in [0.2, 0.25) is 0 Å². The van der Waals surface area contributed by atoms with Crippen molar-refractivity contribution < 1.29 is 19.1 Å². The molecule has 0 saturated heterocycles. The maximum absolute atomic E-state index is 11.5. The number of benzene rings is 1. The highest BCUT2D eigenvalue weighted by Gasteiger charge is 2.04. The molecule has 0 aromatic heterocycles. The Morgan fingerprint density at radius 3 is 2.55 bits per heavy atom. The van der Waals surface area contributed by atoms with Crippen LogP contribution < -0.4 is 10.1 Å². The highest BCUT2D eigenvalue weighted by molar-refractivity contribution is 5.85. The normalized spacial score (nSPS) is 10.8. The molecule has 0 bridgehead atoms. The first-order valence-corrected chi connectivity index (χ1v) is 7.01. The maximum Gasteiger partial charge on any atom is 0.331 e. The Bertz CT molecular complexity index is 532. The number of methoxy groups -OCH3 is 1. The number of allylic oxidation sites excluding steroid dienone is 3. The number of hydrogen-bond donors (Lipinski definition) is 1. The van der Waals surface area contributed by atoms with Gasteiger partial charge in [-0.2, -0.15) is 0 Å². The predicted octanol–water partition coefficient (Wildman–Crippen LogP) is 2.03. The van der Waals surface area contributed by atoms with Gasteiger partial charge < -0.3 is 14.8 Å². The standard InChI is InChI=1S/C17H21NO4/c1-3-4-5-6-17(20)22-13-16(19)18-12-11-14-7-9-15(21-2)10-8-14/h3-10H,11-13H2,1-2H3,(H,18,19)/b4-3+,6-5+. The molecule has 0 unspecified atom stereocenters. The maximum atomic E-state index is 11.5. The summed E-state index contributed by atoms with van der Waals surface area (Å²) in [5.41, 5.74) is 1.09. The van der Waals surface area contributed by atoms with Crippen LogP contribution in [0, 0.1) is 0 Å². The van der Waals surface area contributed by atoms with Gasteiger partial charge in [0.25, 0.3) is 5.91 Å². The van der Waals surface area contributed by atoms with Gasteiger partial charge in [-0.15, -0.1) is 0 Å². The molecule has 0 heterocycles. The van der Waals surface area contributed by atoms with E-state index in [2.05, 4.69) is 5.32 Å². The third kappa shape index (κ3) is 7.28. The molecule has 1 amide bonds. The van der Waals surface area contributed by atoms with Crippen molar-refractivity contribution in [2.24, 2.45) is 0 Å². The first kappa shape index (κ1) is 17.5. The fourth-order valence-corrected chi connectivity index (χ4v) is 1.62. The summed E-state index contributed by atoms with van der Waals surface area (Å²) < 4.78 is 9.87. The molecule has 0 aliphatic carbocycles. The molecule has 22 heavy (non-hydrogen) atoms. The molecule has 0 saturated carbocycles. The lowest BCUT2D eigenvalue weighted by Crippen LogP contribution is -2.30. The van der Waals surface area contributed by atoms with Crippen LogP contribution in [0.15, 0.2) is 48.6 Å². The number of hydrogen-bond acceptors (Lipinski definition) is 4. The molecule has 0 fully saturated rings. The summed E-state index contributed by atoms with van der Waals surface area (Å²) in [4.78, 5) is 22.8. The smallest absolute Gasteiger partial charge is 0.331 e. The van der Waals surface area contributed by atoms with E-state index in [1.54, 1.807) is 25.3 Å². The van der Waals surface area contributed by atoms with Gasteiger partial charge in [0.1, 0.15) is 5.75 Å². The molecule has 5 heteroatoms. The van der Waals surface area contributed by atoms with E-state index >= 15 is 0 Å². The molecular weight excluding hydrogens is 282 g/mol. The Kier molecular flexibility index (Phi) is 8.12. The van der Waals surface area contributed by atoms with E-state index in [0.717, 1.165) is 11.3 Å². The van der Waals surface area contributed by atoms with E-state index in [0.29, 0.717) is 13.0 Å². The van der Waals surface area contributed by atoms with Gasteiger partial charge in [-0.3, -0.25) is 4.79 Å². The zero-order valence-corrected chi connectivity index (χ0v) is 12.9. The van der Waals surface area contributed by atoms with Crippen LogP contribution in [0.25, 0.3) is 0 Å². The lowest BCUT2D eigenvalue weighted by molar-refractivity contribution is -0.143. The molecule has 0 aliphatic heterocycles. The van der Waals surface area contributed by atoms with Gasteiger partial charge >= 0.3 is 5.97 Å². The molecule has 0 radical (unpaired) electrons. The summed E-state index contributed by atoms with van der Waals surface area (Å²) in [7, 11) is 1.62. The van der Waals surface area contributed by atoms with Crippen LogP contribution in [0.4, 0.5) is 0 Å². The number of amides is 1. The quantitative estimate of drug-likeness (QED) is 0.453. The van der Waals surface area contributed by atoms with Crippen molar-refractivity contribution in [2.75, 3.05) is 20.3 Å². The first-order valence-electron chi connectivity index (χ1n) is 7.01. The minimum Gasteiger partial charge on any atom is -0.497 e. The number of nitrogens with one attached hydrogen (secondary N) is 1. The van der Waals surface area contributed by atoms with Crippen LogP contribution in [-0.4, -0.2) is 32.1 Å². The van der Waals surface area contributed by atoms with Gasteiger partial charge in [0.05, 0.1) is 7.11 Å². The minimum atomic E-state index is -0.539. The van der Waals surface area contributed by atoms with Crippen LogP contribution in [0.1, 0.15) is 12.5 Å². The van der Waals surface area contributed by atoms with Crippen molar-refractivity contribution in [3.05, 3.63) is 54.1 Å². The largest absolute Gasteiger partial charge is 0.497 e. The van der Waals surface area contributed by atoms with Gasteiger partial charge in [-0.25, -0.2) is 4.79 Å². The molecule has 1 aromatic rings. The third-order valence-electron chi connectivity index (χ3n) is 2.78. The summed E-state index contributed by atoms with van der Waals surface area (Å²) >= 11 is 0. The van der Waals surface area contributed by atoms with Crippen molar-refractivity contribution in [3.63, 3.8) is 0 Å². The van der Waals surface area contributed by atoms with Gasteiger partial charge in [0.15, 0.2) is 6.61 Å². The van der Waals surface area contributed by atoms with Crippen LogP contribution in [0.5, 0.6) is 5.75 Å². The molecule has 1 aromatic carbocycles. The van der Waals surface area contributed by atoms with Crippen LogP contribution in [0.3, 0.4) is 0 Å². The average molecular weight is 303 g/mol. The van der Waals surface area contributed by atoms with Crippen LogP contribution >= 0.6 is 0 Å². The highest BCUT2D eigenvalue weighted by atomic mass is 16.5. The van der Waals surface area contributed by atoms with Crippen LogP contribution in [-0.2, 0) is 20.7 Å². The number of ether oxygens (including phenoxy) is 2. The second kappa shape index (κ2) is 10.2. The van der Waals surface area contributed by atoms with Gasteiger partial charge in [0.2, 0.25) is 0 Å². The molecule has 5 nitrogen and oxygen atoms in total. The number of carbonyl (C=O) groups excluding carboxylic acids is 2. The first-order chi connectivity index (χ1) is 10.7. The van der Waals surface area contributed by atoms with Gasteiger partial charge in [0, 0.05) is 12.6 Å². The lowest BCUT2D eigenvalue weighted by Gasteiger charge is -2.06. The van der Waals surface area contributed by atoms with Crippen molar-refractivity contribution in [2.45, 2.75) is 13.3 Å². The van der Waals surface area contributed by atoms with E-state index in [4.69, 9.17) is 9.47 Å². The van der Waals surface area contributed by atoms with E-state index in [9.17, 15) is 9.59 Å². The minimum absolute atomic E-state index is 0.276. The molecule has 0 aliphatic rings. The highest BCUT2D eigenvalue weighted by Crippen LogP contribution is 2.11. The Balaban J connectivity index is 2.21. The van der Waals surface area contributed by atoms with Crippen molar-refractivity contribution in [1.29, 1.82) is 0 Å². The monoisotopic (exact) mass is 303 g/mol. The third-order valence-corrected chi connectivity index (χ3v) is 2.78. The zero-order valence-electron chi connectivity index (χ0n) is 12.9. The van der Waals surface area contributed by atoms with Crippen molar-refractivity contribution in [3.8, 4) is 5.75 Å². The molecule has 1 N–H and O–H groups in total. The lowest BCUT2D eigenvalue weighted by atomic mass is 10.1. The average Bonchev–Trinajstić information content (AvgIpc) is 2.54. The Morgan fingerprint density at radius 1 is 1.18 bits per heavy atom. The van der Waals surface area contributed by atoms with E-state index in [-0.39, 0.29) is 12.5 Å². The Morgan fingerprint density at radius 2 is 1.91 bits per heavy atom. The summed E-state index contributed by atoms with van der Waals surface area (Å²) in [6, 6.07) is 7.63. The van der Waals surface area contributed by atoms with Gasteiger partial charge in [-0.05, 0) is 31.0 Å². The molecule has 0 spiro atoms. The zero-order chi connectivity index (χ0) is 16.2. The molecule has 0 atom stereocenters. The fourth-order valence-electron chi connectivity index (χ4n) is 1.62. The van der Waals surface area contributed by atoms with Crippen molar-refractivity contribution >= 4 is 11.9 Å². The topological polar surface area (TPSA) is 64.6 Å². The predicted molar refractivity (Wildman–Crippen MR) is 84.6 cm³/mol. The number of carbonyl (C=O) groups is 2. The molecular formula is C17H21NO4. The number of rotatable bonds is 8. The fraction of sp³-hybridized carbons (Fsp3) is 0.294.